The Morgan fingerprint density at radius 2 is 2.38 bits per heavy atom. The van der Waals surface area contributed by atoms with Crippen molar-refractivity contribution in [2.45, 2.75) is 6.04 Å². The summed E-state index contributed by atoms with van der Waals surface area (Å²) in [4.78, 5) is 0. The summed E-state index contributed by atoms with van der Waals surface area (Å²) in [6, 6.07) is 6.12. The second-order valence-corrected chi connectivity index (χ2v) is 3.99. The van der Waals surface area contributed by atoms with Crippen molar-refractivity contribution in [2.75, 3.05) is 27.4 Å². The first kappa shape index (κ1) is 11.2. The Hall–Kier alpha value is -1.26. The van der Waals surface area contributed by atoms with Gasteiger partial charge in [-0.2, -0.15) is 0 Å². The fraction of sp³-hybridized carbons (Fsp3) is 0.500. The minimum Gasteiger partial charge on any atom is -0.493 e. The lowest BCUT2D eigenvalue weighted by atomic mass is 9.91. The van der Waals surface area contributed by atoms with Crippen LogP contribution in [0.5, 0.6) is 11.5 Å². The van der Waals surface area contributed by atoms with Crippen molar-refractivity contribution >= 4 is 0 Å². The average Bonchev–Trinajstić information content (AvgIpc) is 2.36. The normalized spacial score (nSPS) is 23.4. The molecule has 16 heavy (non-hydrogen) atoms. The largest absolute Gasteiger partial charge is 0.493 e. The highest BCUT2D eigenvalue weighted by molar-refractivity contribution is 5.48. The SMILES string of the molecule is C[NH2+]C1c2cccc(OC)c2OCC1CO. The molecule has 0 aliphatic carbocycles. The molecule has 0 spiro atoms. The third kappa shape index (κ3) is 1.74. The second-order valence-electron chi connectivity index (χ2n) is 3.99. The maximum Gasteiger partial charge on any atom is 0.170 e. The molecule has 2 unspecified atom stereocenters. The van der Waals surface area contributed by atoms with E-state index in [2.05, 4.69) is 5.32 Å². The van der Waals surface area contributed by atoms with Gasteiger partial charge >= 0.3 is 0 Å². The van der Waals surface area contributed by atoms with Crippen LogP contribution in [0.15, 0.2) is 18.2 Å². The van der Waals surface area contributed by atoms with E-state index in [4.69, 9.17) is 9.47 Å². The average molecular weight is 224 g/mol. The van der Waals surface area contributed by atoms with Gasteiger partial charge in [0.05, 0.1) is 38.9 Å². The molecule has 4 heteroatoms. The van der Waals surface area contributed by atoms with Gasteiger partial charge in [-0.1, -0.05) is 6.07 Å². The minimum atomic E-state index is 0.143. The van der Waals surface area contributed by atoms with Crippen LogP contribution in [0.3, 0.4) is 0 Å². The van der Waals surface area contributed by atoms with E-state index in [-0.39, 0.29) is 18.6 Å². The summed E-state index contributed by atoms with van der Waals surface area (Å²) in [7, 11) is 3.66. The molecule has 0 amide bonds. The summed E-state index contributed by atoms with van der Waals surface area (Å²) in [5, 5.41) is 11.4. The number of hydrogen-bond donors (Lipinski definition) is 2. The van der Waals surface area contributed by atoms with Gasteiger partial charge in [0.15, 0.2) is 11.5 Å². The third-order valence-corrected chi connectivity index (χ3v) is 3.13. The van der Waals surface area contributed by atoms with Gasteiger partial charge in [0.2, 0.25) is 0 Å². The molecule has 2 rings (SSSR count). The Balaban J connectivity index is 2.41. The van der Waals surface area contributed by atoms with Crippen molar-refractivity contribution in [1.29, 1.82) is 0 Å². The predicted molar refractivity (Wildman–Crippen MR) is 59.7 cm³/mol. The van der Waals surface area contributed by atoms with Crippen molar-refractivity contribution < 1.29 is 19.9 Å². The summed E-state index contributed by atoms with van der Waals surface area (Å²) >= 11 is 0. The zero-order valence-electron chi connectivity index (χ0n) is 9.64. The van der Waals surface area contributed by atoms with Crippen LogP contribution in [0.1, 0.15) is 11.6 Å². The van der Waals surface area contributed by atoms with Crippen molar-refractivity contribution in [3.8, 4) is 11.5 Å². The lowest BCUT2D eigenvalue weighted by Crippen LogP contribution is -2.83. The quantitative estimate of drug-likeness (QED) is 0.755. The number of ether oxygens (including phenoxy) is 2. The highest BCUT2D eigenvalue weighted by atomic mass is 16.5. The van der Waals surface area contributed by atoms with Crippen molar-refractivity contribution in [3.63, 3.8) is 0 Å². The molecule has 0 fully saturated rings. The number of rotatable bonds is 3. The number of benzene rings is 1. The standard InChI is InChI=1S/C12H17NO3/c1-13-11-8(6-14)7-16-12-9(11)4-3-5-10(12)15-2/h3-5,8,11,13-14H,6-7H2,1-2H3/p+1. The van der Waals surface area contributed by atoms with E-state index in [9.17, 15) is 5.11 Å². The third-order valence-electron chi connectivity index (χ3n) is 3.13. The molecule has 0 saturated carbocycles. The fourth-order valence-corrected chi connectivity index (χ4v) is 2.28. The molecule has 88 valence electrons. The topological polar surface area (TPSA) is 55.3 Å². The molecule has 1 aromatic rings. The summed E-state index contributed by atoms with van der Waals surface area (Å²) in [6.45, 7) is 0.685. The van der Waals surface area contributed by atoms with Crippen molar-refractivity contribution in [3.05, 3.63) is 23.8 Å². The summed E-state index contributed by atoms with van der Waals surface area (Å²) in [5.74, 6) is 1.73. The molecular weight excluding hydrogens is 206 g/mol. The summed E-state index contributed by atoms with van der Waals surface area (Å²) in [5.41, 5.74) is 1.10. The highest BCUT2D eigenvalue weighted by Gasteiger charge is 2.33. The summed E-state index contributed by atoms with van der Waals surface area (Å²) in [6.07, 6.45) is 0. The van der Waals surface area contributed by atoms with Gasteiger partial charge in [0.25, 0.3) is 0 Å². The zero-order valence-corrected chi connectivity index (χ0v) is 9.64. The molecule has 0 bridgehead atoms. The number of nitrogens with two attached hydrogens (primary N) is 1. The van der Waals surface area contributed by atoms with Crippen LogP contribution in [0.4, 0.5) is 0 Å². The zero-order chi connectivity index (χ0) is 11.5. The molecule has 4 nitrogen and oxygen atoms in total. The van der Waals surface area contributed by atoms with Crippen LogP contribution in [-0.4, -0.2) is 32.5 Å². The van der Waals surface area contributed by atoms with Crippen LogP contribution < -0.4 is 14.8 Å². The molecule has 1 aromatic carbocycles. The van der Waals surface area contributed by atoms with E-state index in [0.717, 1.165) is 17.1 Å². The van der Waals surface area contributed by atoms with Gasteiger partial charge in [-0.25, -0.2) is 0 Å². The first-order valence-corrected chi connectivity index (χ1v) is 5.51. The lowest BCUT2D eigenvalue weighted by molar-refractivity contribution is -0.679. The first-order valence-electron chi connectivity index (χ1n) is 5.51. The number of aliphatic hydroxyl groups excluding tert-OH is 1. The van der Waals surface area contributed by atoms with Crippen LogP contribution in [0.2, 0.25) is 0 Å². The van der Waals surface area contributed by atoms with Gasteiger partial charge in [0, 0.05) is 0 Å². The molecule has 0 aromatic heterocycles. The van der Waals surface area contributed by atoms with Crippen LogP contribution in [0, 0.1) is 5.92 Å². The number of aliphatic hydroxyl groups is 1. The smallest absolute Gasteiger partial charge is 0.170 e. The molecule has 1 aliphatic rings. The number of para-hydroxylation sites is 1. The van der Waals surface area contributed by atoms with E-state index in [1.807, 2.05) is 25.2 Å². The first-order chi connectivity index (χ1) is 7.81. The van der Waals surface area contributed by atoms with Gasteiger partial charge in [-0.3, -0.25) is 0 Å². The number of fused-ring (bicyclic) bond motifs is 1. The highest BCUT2D eigenvalue weighted by Crippen LogP contribution is 2.39. The summed E-state index contributed by atoms with van der Waals surface area (Å²) < 4.78 is 10.9. The van der Waals surface area contributed by atoms with Gasteiger partial charge in [-0.15, -0.1) is 0 Å². The Kier molecular flexibility index (Phi) is 3.31. The molecule has 1 aliphatic heterocycles. The number of methoxy groups -OCH3 is 1. The van der Waals surface area contributed by atoms with E-state index >= 15 is 0 Å². The van der Waals surface area contributed by atoms with E-state index in [1.165, 1.54) is 0 Å². The van der Waals surface area contributed by atoms with Crippen LogP contribution in [-0.2, 0) is 0 Å². The van der Waals surface area contributed by atoms with Gasteiger partial charge in [0.1, 0.15) is 6.04 Å². The Morgan fingerprint density at radius 1 is 1.56 bits per heavy atom. The Bertz CT molecular complexity index is 367. The van der Waals surface area contributed by atoms with Gasteiger partial charge < -0.3 is 19.9 Å². The van der Waals surface area contributed by atoms with Crippen molar-refractivity contribution in [1.82, 2.24) is 0 Å². The van der Waals surface area contributed by atoms with Crippen molar-refractivity contribution in [2.24, 2.45) is 5.92 Å². The Labute approximate surface area is 95.2 Å². The number of quaternary nitrogens is 1. The molecule has 3 N–H and O–H groups in total. The maximum atomic E-state index is 9.31. The molecule has 2 atom stereocenters. The monoisotopic (exact) mass is 224 g/mol. The van der Waals surface area contributed by atoms with E-state index in [0.29, 0.717) is 6.61 Å². The molecule has 0 saturated heterocycles. The lowest BCUT2D eigenvalue weighted by Gasteiger charge is -2.30. The second kappa shape index (κ2) is 4.72. The maximum absolute atomic E-state index is 9.31. The van der Waals surface area contributed by atoms with E-state index in [1.54, 1.807) is 7.11 Å². The van der Waals surface area contributed by atoms with Gasteiger partial charge in [-0.05, 0) is 12.1 Å². The molecule has 0 radical (unpaired) electrons. The fourth-order valence-electron chi connectivity index (χ4n) is 2.28. The van der Waals surface area contributed by atoms with E-state index < -0.39 is 0 Å². The molecule has 1 heterocycles. The van der Waals surface area contributed by atoms with Crippen LogP contribution >= 0.6 is 0 Å². The predicted octanol–water partition coefficient (Wildman–Crippen LogP) is -0.0696. The van der Waals surface area contributed by atoms with Crippen LogP contribution in [0.25, 0.3) is 0 Å². The number of hydrogen-bond acceptors (Lipinski definition) is 3. The molecular formula is C12H18NO3+. The Morgan fingerprint density at radius 3 is 3.00 bits per heavy atom. The minimum absolute atomic E-state index is 0.143.